The third-order valence-electron chi connectivity index (χ3n) is 3.44. The van der Waals surface area contributed by atoms with Gasteiger partial charge in [0.15, 0.2) is 11.5 Å². The lowest BCUT2D eigenvalue weighted by Gasteiger charge is -2.11. The Morgan fingerprint density at radius 1 is 0.737 bits per heavy atom. The minimum absolute atomic E-state index is 0.0736. The van der Waals surface area contributed by atoms with Gasteiger partial charge in [0.05, 0.1) is 0 Å². The molecule has 0 aliphatic heterocycles. The van der Waals surface area contributed by atoms with Crippen LogP contribution in [0.5, 0.6) is 23.0 Å². The van der Waals surface area contributed by atoms with Gasteiger partial charge in [0.2, 0.25) is 0 Å². The van der Waals surface area contributed by atoms with Crippen molar-refractivity contribution in [1.82, 2.24) is 0 Å². The van der Waals surface area contributed by atoms with Gasteiger partial charge in [-0.05, 0) is 30.5 Å². The fourth-order valence-electron chi connectivity index (χ4n) is 2.32. The molecule has 0 fully saturated rings. The molecule has 4 heteroatoms. The molecule has 0 bridgehead atoms. The Kier molecular flexibility index (Phi) is 2.22. The highest BCUT2D eigenvalue weighted by molar-refractivity contribution is 6.06. The predicted octanol–water partition coefficient (Wildman–Crippen LogP) is 3.12. The van der Waals surface area contributed by atoms with Crippen LogP contribution in [0.4, 0.5) is 0 Å². The van der Waals surface area contributed by atoms with Crippen molar-refractivity contribution in [3.05, 3.63) is 35.9 Å². The summed E-state index contributed by atoms with van der Waals surface area (Å²) in [5.74, 6) is -0.635. The van der Waals surface area contributed by atoms with Gasteiger partial charge in [0.25, 0.3) is 0 Å². The van der Waals surface area contributed by atoms with Crippen molar-refractivity contribution < 1.29 is 20.4 Å². The summed E-state index contributed by atoms with van der Waals surface area (Å²) in [4.78, 5) is 0. The second-order valence-electron chi connectivity index (χ2n) is 4.57. The molecule has 0 aromatic heterocycles. The number of benzene rings is 3. The van der Waals surface area contributed by atoms with E-state index in [1.165, 1.54) is 6.92 Å². The van der Waals surface area contributed by atoms with Crippen LogP contribution in [0.25, 0.3) is 21.5 Å². The molecule has 0 aliphatic rings. The molecule has 0 unspecified atom stereocenters. The number of phenols is 4. The van der Waals surface area contributed by atoms with Crippen molar-refractivity contribution in [2.45, 2.75) is 6.92 Å². The first kappa shape index (κ1) is 11.5. The zero-order valence-corrected chi connectivity index (χ0v) is 10.2. The van der Waals surface area contributed by atoms with E-state index in [2.05, 4.69) is 0 Å². The molecule has 4 nitrogen and oxygen atoms in total. The molecule has 0 radical (unpaired) electrons. The molecule has 0 saturated carbocycles. The minimum Gasteiger partial charge on any atom is -0.507 e. The maximum atomic E-state index is 10.1. The fourth-order valence-corrected chi connectivity index (χ4v) is 2.32. The van der Waals surface area contributed by atoms with Crippen LogP contribution in [-0.4, -0.2) is 20.4 Å². The van der Waals surface area contributed by atoms with E-state index in [1.807, 2.05) is 0 Å². The summed E-state index contributed by atoms with van der Waals surface area (Å²) >= 11 is 0. The molecule has 0 saturated heterocycles. The highest BCUT2D eigenvalue weighted by Gasteiger charge is 2.16. The molecule has 0 atom stereocenters. The van der Waals surface area contributed by atoms with Crippen LogP contribution < -0.4 is 0 Å². The van der Waals surface area contributed by atoms with Crippen molar-refractivity contribution in [3.63, 3.8) is 0 Å². The summed E-state index contributed by atoms with van der Waals surface area (Å²) in [5.41, 5.74) is 0.226. The number of aromatic hydroxyl groups is 4. The molecule has 0 heterocycles. The van der Waals surface area contributed by atoms with E-state index in [0.717, 1.165) is 5.39 Å². The van der Waals surface area contributed by atoms with E-state index in [-0.39, 0.29) is 28.6 Å². The van der Waals surface area contributed by atoms with Crippen LogP contribution >= 0.6 is 0 Å². The van der Waals surface area contributed by atoms with Gasteiger partial charge in [-0.1, -0.05) is 12.1 Å². The molecule has 4 N–H and O–H groups in total. The van der Waals surface area contributed by atoms with E-state index < -0.39 is 0 Å². The maximum absolute atomic E-state index is 10.1. The molecular weight excluding hydrogens is 244 g/mol. The minimum atomic E-state index is -0.347. The van der Waals surface area contributed by atoms with Crippen molar-refractivity contribution in [2.75, 3.05) is 0 Å². The number of rotatable bonds is 0. The average molecular weight is 256 g/mol. The summed E-state index contributed by atoms with van der Waals surface area (Å²) in [6, 6.07) is 8.26. The summed E-state index contributed by atoms with van der Waals surface area (Å²) in [7, 11) is 0. The van der Waals surface area contributed by atoms with Crippen molar-refractivity contribution in [2.24, 2.45) is 0 Å². The SMILES string of the molecule is Cc1c(O)c(O)c2cc3c(O)cccc3cc2c1O. The second kappa shape index (κ2) is 3.68. The van der Waals surface area contributed by atoms with Gasteiger partial charge in [-0.25, -0.2) is 0 Å². The Labute approximate surface area is 108 Å². The first-order valence-electron chi connectivity index (χ1n) is 5.79. The van der Waals surface area contributed by atoms with Gasteiger partial charge >= 0.3 is 0 Å². The van der Waals surface area contributed by atoms with E-state index >= 15 is 0 Å². The first-order valence-corrected chi connectivity index (χ1v) is 5.79. The van der Waals surface area contributed by atoms with Crippen LogP contribution in [-0.2, 0) is 0 Å². The van der Waals surface area contributed by atoms with Gasteiger partial charge in [-0.2, -0.15) is 0 Å². The van der Waals surface area contributed by atoms with E-state index in [1.54, 1.807) is 30.3 Å². The summed E-state index contributed by atoms with van der Waals surface area (Å²) < 4.78 is 0. The summed E-state index contributed by atoms with van der Waals surface area (Å²) in [5, 5.41) is 41.6. The van der Waals surface area contributed by atoms with Gasteiger partial charge in [0.1, 0.15) is 11.5 Å². The number of fused-ring (bicyclic) bond motifs is 2. The topological polar surface area (TPSA) is 80.9 Å². The molecule has 0 aliphatic carbocycles. The van der Waals surface area contributed by atoms with Crippen LogP contribution in [0, 0.1) is 6.92 Å². The highest BCUT2D eigenvalue weighted by atomic mass is 16.3. The molecule has 0 spiro atoms. The maximum Gasteiger partial charge on any atom is 0.166 e. The van der Waals surface area contributed by atoms with Crippen LogP contribution in [0.2, 0.25) is 0 Å². The van der Waals surface area contributed by atoms with Crippen LogP contribution in [0.1, 0.15) is 5.56 Å². The predicted molar refractivity (Wildman–Crippen MR) is 72.9 cm³/mol. The van der Waals surface area contributed by atoms with E-state index in [4.69, 9.17) is 0 Å². The Hall–Kier alpha value is -2.62. The van der Waals surface area contributed by atoms with Gasteiger partial charge in [0, 0.05) is 21.7 Å². The van der Waals surface area contributed by atoms with E-state index in [9.17, 15) is 20.4 Å². The standard InChI is InChI=1S/C15H12O4/c1-7-13(17)10-5-8-3-2-4-12(16)9(8)6-11(10)15(19)14(7)18/h2-6,16-19H,1H3. The fraction of sp³-hybridized carbons (Fsp3) is 0.0667. The Morgan fingerprint density at radius 3 is 2.16 bits per heavy atom. The molecule has 19 heavy (non-hydrogen) atoms. The molecule has 0 amide bonds. The highest BCUT2D eigenvalue weighted by Crippen LogP contribution is 2.45. The summed E-state index contributed by atoms with van der Waals surface area (Å²) in [6.45, 7) is 1.52. The first-order chi connectivity index (χ1) is 9.00. The van der Waals surface area contributed by atoms with Crippen molar-refractivity contribution in [1.29, 1.82) is 0 Å². The van der Waals surface area contributed by atoms with Gasteiger partial charge in [-0.3, -0.25) is 0 Å². The van der Waals surface area contributed by atoms with Gasteiger partial charge < -0.3 is 20.4 Å². The Balaban J connectivity index is 2.59. The largest absolute Gasteiger partial charge is 0.507 e. The Morgan fingerprint density at radius 2 is 1.42 bits per heavy atom. The second-order valence-corrected chi connectivity index (χ2v) is 4.57. The average Bonchev–Trinajstić information content (AvgIpc) is 2.42. The van der Waals surface area contributed by atoms with Crippen LogP contribution in [0.3, 0.4) is 0 Å². The third-order valence-corrected chi connectivity index (χ3v) is 3.44. The molecule has 3 aromatic carbocycles. The van der Waals surface area contributed by atoms with E-state index in [0.29, 0.717) is 16.2 Å². The van der Waals surface area contributed by atoms with Gasteiger partial charge in [-0.15, -0.1) is 0 Å². The number of phenolic OH excluding ortho intramolecular Hbond substituents is 4. The molecule has 3 aromatic rings. The molecular formula is C15H12O4. The normalized spacial score (nSPS) is 11.2. The molecule has 3 rings (SSSR count). The third kappa shape index (κ3) is 1.46. The number of hydrogen-bond donors (Lipinski definition) is 4. The zero-order valence-electron chi connectivity index (χ0n) is 10.2. The van der Waals surface area contributed by atoms with Crippen LogP contribution in [0.15, 0.2) is 30.3 Å². The summed E-state index contributed by atoms with van der Waals surface area (Å²) in [6.07, 6.45) is 0. The molecule has 96 valence electrons. The smallest absolute Gasteiger partial charge is 0.166 e. The monoisotopic (exact) mass is 256 g/mol. The van der Waals surface area contributed by atoms with Crippen molar-refractivity contribution in [3.8, 4) is 23.0 Å². The lowest BCUT2D eigenvalue weighted by atomic mass is 9.99. The number of hydrogen-bond acceptors (Lipinski definition) is 4. The lowest BCUT2D eigenvalue weighted by Crippen LogP contribution is -1.84. The van der Waals surface area contributed by atoms with Crippen molar-refractivity contribution >= 4 is 21.5 Å². The lowest BCUT2D eigenvalue weighted by molar-refractivity contribution is 0.398. The zero-order chi connectivity index (χ0) is 13.7. The quantitative estimate of drug-likeness (QED) is 0.283. The Bertz CT molecular complexity index is 822.